The molecule has 0 spiro atoms. The van der Waals surface area contributed by atoms with E-state index in [1.54, 1.807) is 0 Å². The second kappa shape index (κ2) is 176. The predicted molar refractivity (Wildman–Crippen MR) is 10.8 cm³/mol. The van der Waals surface area contributed by atoms with Gasteiger partial charge in [-0.25, -0.2) is 0 Å². The van der Waals surface area contributed by atoms with Crippen molar-refractivity contribution in [3.8, 4) is 0 Å². The van der Waals surface area contributed by atoms with E-state index >= 15 is 0 Å². The van der Waals surface area contributed by atoms with Crippen molar-refractivity contribution in [1.82, 2.24) is 0 Å². The predicted octanol–water partition coefficient (Wildman–Crippen LogP) is -2.50. The molecule has 114 valence electrons. The molecule has 0 aliphatic rings. The minimum atomic E-state index is 0. The largest absolute Gasteiger partial charge is 0.412 e. The SMILES string of the molecule is O.O.O.[Co].[Co].[Co].[Co].[Co].[Co].[Co].[Co].[Co].[Co]. The van der Waals surface area contributed by atoms with Gasteiger partial charge in [0.05, 0.1) is 0 Å². The van der Waals surface area contributed by atoms with E-state index in [9.17, 15) is 0 Å². The van der Waals surface area contributed by atoms with Crippen molar-refractivity contribution in [2.75, 3.05) is 0 Å². The summed E-state index contributed by atoms with van der Waals surface area (Å²) >= 11 is 0. The number of hydrogen-bond donors (Lipinski definition) is 0. The summed E-state index contributed by atoms with van der Waals surface area (Å²) in [6.45, 7) is 0. The fraction of sp³-hybridized carbons (Fsp3) is 0. The average molecular weight is 643 g/mol. The Bertz CT molecular complexity index is 10.1. The molecule has 6 N–H and O–H groups in total. The van der Waals surface area contributed by atoms with E-state index in [0.29, 0.717) is 0 Å². The zero-order valence-corrected chi connectivity index (χ0v) is 15.2. The van der Waals surface area contributed by atoms with E-state index in [4.69, 9.17) is 0 Å². The topological polar surface area (TPSA) is 94.5 Å². The van der Waals surface area contributed by atoms with Crippen molar-refractivity contribution < 1.29 is 184 Å². The first-order valence-corrected chi connectivity index (χ1v) is 0. The monoisotopic (exact) mass is 643 g/mol. The summed E-state index contributed by atoms with van der Waals surface area (Å²) < 4.78 is 0. The molecule has 3 nitrogen and oxygen atoms in total. The van der Waals surface area contributed by atoms with Crippen LogP contribution in [0.4, 0.5) is 0 Å². The van der Waals surface area contributed by atoms with Crippen molar-refractivity contribution in [3.63, 3.8) is 0 Å². The third-order valence-electron chi connectivity index (χ3n) is 0. The molecule has 13 heteroatoms. The molecule has 0 heterocycles. The molecule has 0 atom stereocenters. The Morgan fingerprint density at radius 3 is 0.154 bits per heavy atom. The van der Waals surface area contributed by atoms with E-state index in [1.807, 2.05) is 0 Å². The van der Waals surface area contributed by atoms with Crippen molar-refractivity contribution in [2.45, 2.75) is 0 Å². The maximum Gasteiger partial charge on any atom is 0 e. The Kier molecular flexibility index (Phi) is 2860. The molecule has 0 rings (SSSR count). The third kappa shape index (κ3) is 155. The van der Waals surface area contributed by atoms with Crippen molar-refractivity contribution in [1.29, 1.82) is 0 Å². The minimum Gasteiger partial charge on any atom is -0.412 e. The van der Waals surface area contributed by atoms with Gasteiger partial charge in [-0.1, -0.05) is 0 Å². The molecule has 0 aromatic carbocycles. The molecule has 0 aliphatic heterocycles. The van der Waals surface area contributed by atoms with Gasteiger partial charge in [0.25, 0.3) is 0 Å². The van der Waals surface area contributed by atoms with Crippen LogP contribution in [-0.4, -0.2) is 16.4 Å². The summed E-state index contributed by atoms with van der Waals surface area (Å²) in [5, 5.41) is 0. The maximum atomic E-state index is 0. The molecule has 0 aliphatic carbocycles. The van der Waals surface area contributed by atoms with Gasteiger partial charge in [0.2, 0.25) is 0 Å². The Labute approximate surface area is 181 Å². The molecular weight excluding hydrogens is 637 g/mol. The van der Waals surface area contributed by atoms with Gasteiger partial charge in [-0.3, -0.25) is 0 Å². The Morgan fingerprint density at radius 2 is 0.154 bits per heavy atom. The molecule has 0 saturated heterocycles. The number of rotatable bonds is 0. The van der Waals surface area contributed by atoms with Gasteiger partial charge in [-0.15, -0.1) is 0 Å². The van der Waals surface area contributed by atoms with E-state index < -0.39 is 0 Å². The van der Waals surface area contributed by atoms with Crippen LogP contribution in [0.15, 0.2) is 0 Å². The van der Waals surface area contributed by atoms with Gasteiger partial charge in [0.1, 0.15) is 0 Å². The van der Waals surface area contributed by atoms with E-state index in [-0.39, 0.29) is 184 Å². The quantitative estimate of drug-likeness (QED) is 0.280. The average Bonchev–Trinajstić information content (AvgIpc) is 0. The standard InChI is InChI=1S/10Co.3H2O/h;;;;;;;;;;3*1H2. The van der Waals surface area contributed by atoms with Gasteiger partial charge in [0, 0.05) is 168 Å². The Hall–Kier alpha value is 4.94. The third-order valence-corrected chi connectivity index (χ3v) is 0. The number of hydrogen-bond acceptors (Lipinski definition) is 0. The van der Waals surface area contributed by atoms with Gasteiger partial charge >= 0.3 is 0 Å². The van der Waals surface area contributed by atoms with Crippen molar-refractivity contribution in [2.24, 2.45) is 0 Å². The summed E-state index contributed by atoms with van der Waals surface area (Å²) in [4.78, 5) is 0. The normalized spacial score (nSPS) is 0. The second-order valence-electron chi connectivity index (χ2n) is 0. The first kappa shape index (κ1) is 211. The molecule has 13 heavy (non-hydrogen) atoms. The fourth-order valence-corrected chi connectivity index (χ4v) is 0. The smallest absolute Gasteiger partial charge is 0 e. The molecule has 10 radical (unpaired) electrons. The summed E-state index contributed by atoms with van der Waals surface area (Å²) in [7, 11) is 0. The van der Waals surface area contributed by atoms with Crippen LogP contribution in [0.1, 0.15) is 0 Å². The van der Waals surface area contributed by atoms with Crippen LogP contribution in [0.3, 0.4) is 0 Å². The first-order chi connectivity index (χ1) is 0. The fourth-order valence-electron chi connectivity index (χ4n) is 0. The Morgan fingerprint density at radius 1 is 0.154 bits per heavy atom. The summed E-state index contributed by atoms with van der Waals surface area (Å²) in [5.41, 5.74) is 0. The molecule has 0 saturated carbocycles. The molecule has 0 amide bonds. The van der Waals surface area contributed by atoms with E-state index in [0.717, 1.165) is 0 Å². The van der Waals surface area contributed by atoms with Crippen LogP contribution in [0.25, 0.3) is 0 Å². The van der Waals surface area contributed by atoms with Gasteiger partial charge in [-0.2, -0.15) is 0 Å². The van der Waals surface area contributed by atoms with Crippen LogP contribution in [0, 0.1) is 0 Å². The summed E-state index contributed by atoms with van der Waals surface area (Å²) in [5.74, 6) is 0. The zero-order chi connectivity index (χ0) is 0. The Balaban J connectivity index is 0. The maximum absolute atomic E-state index is 0. The van der Waals surface area contributed by atoms with E-state index in [2.05, 4.69) is 0 Å². The van der Waals surface area contributed by atoms with Crippen LogP contribution in [0.2, 0.25) is 0 Å². The summed E-state index contributed by atoms with van der Waals surface area (Å²) in [6.07, 6.45) is 0. The molecule has 0 aromatic rings. The van der Waals surface area contributed by atoms with Gasteiger partial charge in [0.15, 0.2) is 0 Å². The van der Waals surface area contributed by atoms with Crippen LogP contribution in [0.5, 0.6) is 0 Å². The van der Waals surface area contributed by atoms with Crippen LogP contribution >= 0.6 is 0 Å². The molecule has 0 bridgehead atoms. The molecule has 0 aromatic heterocycles. The van der Waals surface area contributed by atoms with E-state index in [1.165, 1.54) is 0 Å². The van der Waals surface area contributed by atoms with Gasteiger partial charge < -0.3 is 16.4 Å². The van der Waals surface area contributed by atoms with Crippen LogP contribution < -0.4 is 0 Å². The van der Waals surface area contributed by atoms with Gasteiger partial charge in [-0.05, 0) is 0 Å². The van der Waals surface area contributed by atoms with Crippen LogP contribution in [-0.2, 0) is 168 Å². The minimum absolute atomic E-state index is 0. The molecular formula is H6Co10O3. The first-order valence-electron chi connectivity index (χ1n) is 0. The van der Waals surface area contributed by atoms with Crippen molar-refractivity contribution in [3.05, 3.63) is 0 Å². The molecule has 0 unspecified atom stereocenters. The van der Waals surface area contributed by atoms with Crippen molar-refractivity contribution >= 4 is 0 Å². The zero-order valence-electron chi connectivity index (χ0n) is 4.83. The summed E-state index contributed by atoms with van der Waals surface area (Å²) in [6, 6.07) is 0. The molecule has 0 fully saturated rings. The second-order valence-corrected chi connectivity index (χ2v) is 0.